The summed E-state index contributed by atoms with van der Waals surface area (Å²) in [5.74, 6) is 2.09. The zero-order valence-electron chi connectivity index (χ0n) is 15.9. The van der Waals surface area contributed by atoms with E-state index in [0.29, 0.717) is 30.3 Å². The van der Waals surface area contributed by atoms with Gasteiger partial charge in [-0.1, -0.05) is 13.0 Å². The van der Waals surface area contributed by atoms with Crippen LogP contribution in [0.4, 0.5) is 5.95 Å². The molecule has 4 heterocycles. The smallest absolute Gasteiger partial charge is 0.224 e. The molecule has 0 saturated heterocycles. The monoisotopic (exact) mass is 378 g/mol. The molecule has 144 valence electrons. The van der Waals surface area contributed by atoms with Crippen molar-refractivity contribution in [2.75, 3.05) is 12.3 Å². The number of rotatable bonds is 7. The Bertz CT molecular complexity index is 1100. The highest BCUT2D eigenvalue weighted by molar-refractivity contribution is 5.59. The number of pyridine rings is 1. The SMILES string of the molecule is CCCOCc1cccc(Cc2cnn3c(-c4ccc(C)o4)nc(N)nc23)n1. The first-order valence-electron chi connectivity index (χ1n) is 9.23. The lowest BCUT2D eigenvalue weighted by Gasteiger charge is -2.06. The molecule has 0 aliphatic carbocycles. The third kappa shape index (κ3) is 3.72. The predicted octanol–water partition coefficient (Wildman–Crippen LogP) is 3.19. The summed E-state index contributed by atoms with van der Waals surface area (Å²) in [6.07, 6.45) is 3.34. The Kier molecular flexibility index (Phi) is 5.03. The molecule has 8 nitrogen and oxygen atoms in total. The van der Waals surface area contributed by atoms with Crippen molar-refractivity contribution in [1.82, 2.24) is 24.6 Å². The van der Waals surface area contributed by atoms with Gasteiger partial charge in [-0.3, -0.25) is 4.98 Å². The van der Waals surface area contributed by atoms with Crippen LogP contribution in [0.25, 0.3) is 17.2 Å². The largest absolute Gasteiger partial charge is 0.458 e. The lowest BCUT2D eigenvalue weighted by molar-refractivity contribution is 0.119. The minimum Gasteiger partial charge on any atom is -0.458 e. The van der Waals surface area contributed by atoms with Gasteiger partial charge in [0.1, 0.15) is 5.76 Å². The van der Waals surface area contributed by atoms with Gasteiger partial charge in [-0.15, -0.1) is 0 Å². The summed E-state index contributed by atoms with van der Waals surface area (Å²) in [6.45, 7) is 5.20. The second-order valence-electron chi connectivity index (χ2n) is 6.57. The quantitative estimate of drug-likeness (QED) is 0.492. The number of aromatic nitrogens is 5. The van der Waals surface area contributed by atoms with Crippen LogP contribution in [0.1, 0.15) is 36.1 Å². The molecule has 0 aliphatic heterocycles. The van der Waals surface area contributed by atoms with Crippen LogP contribution in [-0.4, -0.2) is 31.2 Å². The molecule has 2 N–H and O–H groups in total. The van der Waals surface area contributed by atoms with Gasteiger partial charge in [0, 0.05) is 24.3 Å². The fraction of sp³-hybridized carbons (Fsp3) is 0.300. The molecular weight excluding hydrogens is 356 g/mol. The number of nitrogens with two attached hydrogens (primary N) is 1. The molecule has 28 heavy (non-hydrogen) atoms. The summed E-state index contributed by atoms with van der Waals surface area (Å²) < 4.78 is 12.9. The number of hydrogen-bond acceptors (Lipinski definition) is 7. The van der Waals surface area contributed by atoms with E-state index in [2.05, 4.69) is 27.0 Å². The molecule has 8 heteroatoms. The molecule has 0 aliphatic rings. The fourth-order valence-corrected chi connectivity index (χ4v) is 3.00. The van der Waals surface area contributed by atoms with E-state index < -0.39 is 0 Å². The van der Waals surface area contributed by atoms with Gasteiger partial charge in [0.15, 0.2) is 11.4 Å². The Morgan fingerprint density at radius 2 is 1.96 bits per heavy atom. The van der Waals surface area contributed by atoms with Gasteiger partial charge < -0.3 is 14.9 Å². The molecule has 0 spiro atoms. The molecule has 0 bridgehead atoms. The topological polar surface area (TPSA) is 104 Å². The van der Waals surface area contributed by atoms with Gasteiger partial charge in [0.05, 0.1) is 18.5 Å². The Hall–Kier alpha value is -3.26. The zero-order chi connectivity index (χ0) is 19.5. The zero-order valence-corrected chi connectivity index (χ0v) is 15.9. The van der Waals surface area contributed by atoms with Gasteiger partial charge in [-0.2, -0.15) is 19.6 Å². The molecule has 0 saturated carbocycles. The maximum atomic E-state index is 5.95. The number of hydrogen-bond donors (Lipinski definition) is 1. The Morgan fingerprint density at radius 3 is 2.75 bits per heavy atom. The first kappa shape index (κ1) is 18.1. The molecule has 4 aromatic heterocycles. The number of furan rings is 1. The van der Waals surface area contributed by atoms with E-state index in [1.54, 1.807) is 10.7 Å². The average molecular weight is 378 g/mol. The van der Waals surface area contributed by atoms with Crippen LogP contribution in [0.2, 0.25) is 0 Å². The number of ether oxygens (including phenoxy) is 1. The van der Waals surface area contributed by atoms with Crippen LogP contribution < -0.4 is 5.73 Å². The van der Waals surface area contributed by atoms with E-state index in [0.717, 1.165) is 35.7 Å². The second kappa shape index (κ2) is 7.77. The molecule has 0 fully saturated rings. The summed E-state index contributed by atoms with van der Waals surface area (Å²) in [4.78, 5) is 13.4. The van der Waals surface area contributed by atoms with Crippen molar-refractivity contribution < 1.29 is 9.15 Å². The van der Waals surface area contributed by atoms with Gasteiger partial charge in [0.25, 0.3) is 0 Å². The number of anilines is 1. The molecule has 0 radical (unpaired) electrons. The van der Waals surface area contributed by atoms with Crippen molar-refractivity contribution in [3.63, 3.8) is 0 Å². The van der Waals surface area contributed by atoms with E-state index in [-0.39, 0.29) is 5.95 Å². The van der Waals surface area contributed by atoms with E-state index in [9.17, 15) is 0 Å². The second-order valence-corrected chi connectivity index (χ2v) is 6.57. The van der Waals surface area contributed by atoms with Crippen molar-refractivity contribution in [2.24, 2.45) is 0 Å². The maximum Gasteiger partial charge on any atom is 0.224 e. The van der Waals surface area contributed by atoms with Gasteiger partial charge in [0.2, 0.25) is 11.8 Å². The summed E-state index contributed by atoms with van der Waals surface area (Å²) >= 11 is 0. The van der Waals surface area contributed by atoms with Crippen LogP contribution in [0.5, 0.6) is 0 Å². The van der Waals surface area contributed by atoms with Crippen molar-refractivity contribution in [3.05, 3.63) is 59.2 Å². The number of fused-ring (bicyclic) bond motifs is 1. The first-order valence-corrected chi connectivity index (χ1v) is 9.23. The molecule has 4 aromatic rings. The molecule has 0 amide bonds. The Labute approximate surface area is 162 Å². The predicted molar refractivity (Wildman–Crippen MR) is 105 cm³/mol. The highest BCUT2D eigenvalue weighted by atomic mass is 16.5. The number of nitrogen functional groups attached to an aromatic ring is 1. The standard InChI is InChI=1S/C20H22N6O2/c1-3-9-27-12-16-6-4-5-15(23-16)10-14-11-22-26-18(14)24-20(21)25-19(26)17-8-7-13(2)28-17/h4-8,11H,3,9-10,12H2,1-2H3,(H2,21,24). The van der Waals surface area contributed by atoms with Gasteiger partial charge in [-0.25, -0.2) is 0 Å². The fourth-order valence-electron chi connectivity index (χ4n) is 3.00. The van der Waals surface area contributed by atoms with Crippen molar-refractivity contribution in [1.29, 1.82) is 0 Å². The Balaban J connectivity index is 1.65. The van der Waals surface area contributed by atoms with Crippen LogP contribution in [0.15, 0.2) is 40.9 Å². The molecule has 0 atom stereocenters. The summed E-state index contributed by atoms with van der Waals surface area (Å²) in [5.41, 5.74) is 9.33. The minimum absolute atomic E-state index is 0.174. The lowest BCUT2D eigenvalue weighted by atomic mass is 10.1. The summed E-state index contributed by atoms with van der Waals surface area (Å²) in [7, 11) is 0. The van der Waals surface area contributed by atoms with Crippen molar-refractivity contribution >= 4 is 11.6 Å². The van der Waals surface area contributed by atoms with Gasteiger partial charge in [-0.05, 0) is 37.6 Å². The molecular formula is C20H22N6O2. The molecule has 0 aromatic carbocycles. The lowest BCUT2D eigenvalue weighted by Crippen LogP contribution is -2.05. The van der Waals surface area contributed by atoms with E-state index in [4.69, 9.17) is 14.9 Å². The van der Waals surface area contributed by atoms with Crippen LogP contribution in [0, 0.1) is 6.92 Å². The van der Waals surface area contributed by atoms with E-state index >= 15 is 0 Å². The third-order valence-electron chi connectivity index (χ3n) is 4.25. The molecule has 4 rings (SSSR count). The highest BCUT2D eigenvalue weighted by Gasteiger charge is 2.16. The third-order valence-corrected chi connectivity index (χ3v) is 4.25. The number of nitrogens with zero attached hydrogens (tertiary/aromatic N) is 5. The summed E-state index contributed by atoms with van der Waals surface area (Å²) in [6, 6.07) is 9.65. The van der Waals surface area contributed by atoms with Crippen molar-refractivity contribution in [3.8, 4) is 11.6 Å². The van der Waals surface area contributed by atoms with Crippen molar-refractivity contribution in [2.45, 2.75) is 33.3 Å². The molecule has 0 unspecified atom stereocenters. The normalized spacial score (nSPS) is 11.4. The summed E-state index contributed by atoms with van der Waals surface area (Å²) in [5, 5.41) is 4.45. The van der Waals surface area contributed by atoms with Crippen LogP contribution >= 0.6 is 0 Å². The number of aryl methyl sites for hydroxylation is 1. The van der Waals surface area contributed by atoms with Gasteiger partial charge >= 0.3 is 0 Å². The highest BCUT2D eigenvalue weighted by Crippen LogP contribution is 2.23. The minimum atomic E-state index is 0.174. The van der Waals surface area contributed by atoms with Crippen LogP contribution in [0.3, 0.4) is 0 Å². The van der Waals surface area contributed by atoms with E-state index in [1.165, 1.54) is 0 Å². The first-order chi connectivity index (χ1) is 13.6. The average Bonchev–Trinajstić information content (AvgIpc) is 3.28. The maximum absolute atomic E-state index is 5.95. The van der Waals surface area contributed by atoms with Crippen LogP contribution in [-0.2, 0) is 17.8 Å². The van der Waals surface area contributed by atoms with E-state index in [1.807, 2.05) is 37.3 Å². The Morgan fingerprint density at radius 1 is 1.11 bits per heavy atom.